The zero-order valence-corrected chi connectivity index (χ0v) is 10.8. The molecule has 7 heteroatoms. The van der Waals surface area contributed by atoms with E-state index in [-0.39, 0.29) is 6.03 Å². The van der Waals surface area contributed by atoms with E-state index in [2.05, 4.69) is 19.7 Å². The fourth-order valence-corrected chi connectivity index (χ4v) is 2.15. The quantitative estimate of drug-likeness (QED) is 0.502. The van der Waals surface area contributed by atoms with Gasteiger partial charge >= 0.3 is 6.03 Å². The van der Waals surface area contributed by atoms with E-state index in [1.165, 1.54) is 23.5 Å². The van der Waals surface area contributed by atoms with Gasteiger partial charge in [0.2, 0.25) is 0 Å². The summed E-state index contributed by atoms with van der Waals surface area (Å²) in [5.74, 6) is 0.852. The SMILES string of the molecule is CNC(=O)NSCCNCCc1ccsn1. The lowest BCUT2D eigenvalue weighted by Crippen LogP contribution is -2.29. The van der Waals surface area contributed by atoms with Gasteiger partial charge in [-0.15, -0.1) is 0 Å². The first-order valence-corrected chi connectivity index (χ1v) is 6.84. The number of hydrogen-bond donors (Lipinski definition) is 3. The fourth-order valence-electron chi connectivity index (χ4n) is 0.999. The summed E-state index contributed by atoms with van der Waals surface area (Å²) < 4.78 is 6.87. The van der Waals surface area contributed by atoms with Crippen LogP contribution >= 0.6 is 23.5 Å². The van der Waals surface area contributed by atoms with Gasteiger partial charge < -0.3 is 10.6 Å². The Kier molecular flexibility index (Phi) is 6.95. The first-order valence-electron chi connectivity index (χ1n) is 5.02. The molecule has 1 heterocycles. The van der Waals surface area contributed by atoms with Gasteiger partial charge in [-0.05, 0) is 29.5 Å². The molecular weight excluding hydrogens is 244 g/mol. The lowest BCUT2D eigenvalue weighted by molar-refractivity contribution is 0.248. The van der Waals surface area contributed by atoms with Gasteiger partial charge in [0.25, 0.3) is 0 Å². The molecule has 3 N–H and O–H groups in total. The summed E-state index contributed by atoms with van der Waals surface area (Å²) >= 11 is 2.88. The molecule has 0 saturated heterocycles. The van der Waals surface area contributed by atoms with Crippen LogP contribution in [0.15, 0.2) is 11.4 Å². The molecule has 5 nitrogen and oxygen atoms in total. The van der Waals surface area contributed by atoms with Crippen molar-refractivity contribution in [2.75, 3.05) is 25.9 Å². The number of nitrogens with one attached hydrogen (secondary N) is 3. The first kappa shape index (κ1) is 13.3. The molecule has 0 radical (unpaired) electrons. The molecule has 0 aromatic carbocycles. The van der Waals surface area contributed by atoms with Gasteiger partial charge in [0.15, 0.2) is 0 Å². The van der Waals surface area contributed by atoms with E-state index in [1.807, 2.05) is 11.4 Å². The van der Waals surface area contributed by atoms with Crippen LogP contribution in [0.1, 0.15) is 5.69 Å². The molecule has 0 unspecified atom stereocenters. The normalized spacial score (nSPS) is 10.1. The highest BCUT2D eigenvalue weighted by atomic mass is 32.2. The molecule has 90 valence electrons. The fraction of sp³-hybridized carbons (Fsp3) is 0.556. The second-order valence-corrected chi connectivity index (χ2v) is 4.59. The van der Waals surface area contributed by atoms with Gasteiger partial charge in [-0.2, -0.15) is 4.37 Å². The second kappa shape index (κ2) is 8.37. The minimum absolute atomic E-state index is 0.160. The highest BCUT2D eigenvalue weighted by Crippen LogP contribution is 1.99. The van der Waals surface area contributed by atoms with Crippen molar-refractivity contribution in [3.63, 3.8) is 0 Å². The number of urea groups is 1. The van der Waals surface area contributed by atoms with Crippen LogP contribution in [0, 0.1) is 0 Å². The summed E-state index contributed by atoms with van der Waals surface area (Å²) in [6, 6.07) is 1.88. The van der Waals surface area contributed by atoms with Crippen molar-refractivity contribution < 1.29 is 4.79 Å². The number of carbonyl (C=O) groups excluding carboxylic acids is 1. The van der Waals surface area contributed by atoms with E-state index in [4.69, 9.17) is 0 Å². The molecule has 0 aliphatic heterocycles. The molecule has 0 atom stereocenters. The monoisotopic (exact) mass is 260 g/mol. The van der Waals surface area contributed by atoms with E-state index < -0.39 is 0 Å². The molecule has 0 saturated carbocycles. The molecule has 1 rings (SSSR count). The third-order valence-corrected chi connectivity index (χ3v) is 3.16. The number of rotatable bonds is 7. The molecule has 0 fully saturated rings. The third-order valence-electron chi connectivity index (χ3n) is 1.82. The van der Waals surface area contributed by atoms with Gasteiger partial charge in [-0.1, -0.05) is 0 Å². The Labute approximate surface area is 104 Å². The lowest BCUT2D eigenvalue weighted by Gasteiger charge is -2.04. The summed E-state index contributed by atoms with van der Waals surface area (Å²) in [4.78, 5) is 10.8. The summed E-state index contributed by atoms with van der Waals surface area (Å²) in [6.45, 7) is 1.79. The molecule has 0 bridgehead atoms. The summed E-state index contributed by atoms with van der Waals surface area (Å²) in [6.07, 6.45) is 0.955. The van der Waals surface area contributed by atoms with Crippen LogP contribution in [0.5, 0.6) is 0 Å². The molecule has 1 aromatic heterocycles. The van der Waals surface area contributed by atoms with E-state index in [0.29, 0.717) is 0 Å². The average molecular weight is 260 g/mol. The Balaban J connectivity index is 1.87. The topological polar surface area (TPSA) is 66.1 Å². The Morgan fingerprint density at radius 3 is 3.12 bits per heavy atom. The highest BCUT2D eigenvalue weighted by Gasteiger charge is 1.96. The number of carbonyl (C=O) groups is 1. The van der Waals surface area contributed by atoms with E-state index >= 15 is 0 Å². The molecule has 0 spiro atoms. The van der Waals surface area contributed by atoms with Crippen molar-refractivity contribution >= 4 is 29.5 Å². The van der Waals surface area contributed by atoms with Crippen molar-refractivity contribution in [2.24, 2.45) is 0 Å². The van der Waals surface area contributed by atoms with E-state index in [1.54, 1.807) is 7.05 Å². The highest BCUT2D eigenvalue weighted by molar-refractivity contribution is 7.97. The molecular formula is C9H16N4OS2. The summed E-state index contributed by atoms with van der Waals surface area (Å²) in [5.41, 5.74) is 1.13. The van der Waals surface area contributed by atoms with Crippen LogP contribution in [0.2, 0.25) is 0 Å². The maximum atomic E-state index is 10.8. The van der Waals surface area contributed by atoms with Crippen molar-refractivity contribution in [3.05, 3.63) is 17.1 Å². The molecule has 2 amide bonds. The Morgan fingerprint density at radius 2 is 2.44 bits per heavy atom. The van der Waals surface area contributed by atoms with E-state index in [9.17, 15) is 4.79 Å². The first-order chi connectivity index (χ1) is 7.83. The maximum Gasteiger partial charge on any atom is 0.324 e. The average Bonchev–Trinajstić information content (AvgIpc) is 2.80. The largest absolute Gasteiger partial charge is 0.341 e. The number of hydrogen-bond acceptors (Lipinski definition) is 5. The van der Waals surface area contributed by atoms with Gasteiger partial charge in [-0.25, -0.2) is 4.79 Å². The maximum absolute atomic E-state index is 10.8. The summed E-state index contributed by atoms with van der Waals surface area (Å²) in [7, 11) is 1.60. The summed E-state index contributed by atoms with van der Waals surface area (Å²) in [5, 5.41) is 7.76. The minimum atomic E-state index is -0.160. The molecule has 0 aliphatic carbocycles. The standard InChI is InChI=1S/C9H16N4OS2/c1-10-9(14)13-16-7-5-11-4-2-8-3-6-15-12-8/h3,6,11H,2,4-5,7H2,1H3,(H2,10,13,14). The predicted molar refractivity (Wildman–Crippen MR) is 68.7 cm³/mol. The zero-order valence-electron chi connectivity index (χ0n) is 9.16. The van der Waals surface area contributed by atoms with Crippen LogP contribution in [-0.4, -0.2) is 36.3 Å². The van der Waals surface area contributed by atoms with Gasteiger partial charge in [0, 0.05) is 37.7 Å². The number of nitrogens with zero attached hydrogens (tertiary/aromatic N) is 1. The van der Waals surface area contributed by atoms with Crippen LogP contribution in [0.4, 0.5) is 4.79 Å². The smallest absolute Gasteiger partial charge is 0.324 e. The van der Waals surface area contributed by atoms with Crippen molar-refractivity contribution in [1.82, 2.24) is 19.7 Å². The Bertz CT molecular complexity index is 292. The lowest BCUT2D eigenvalue weighted by atomic mass is 10.3. The van der Waals surface area contributed by atoms with Crippen LogP contribution < -0.4 is 15.4 Å². The van der Waals surface area contributed by atoms with Crippen molar-refractivity contribution in [3.8, 4) is 0 Å². The van der Waals surface area contributed by atoms with E-state index in [0.717, 1.165) is 31.0 Å². The zero-order chi connectivity index (χ0) is 11.6. The van der Waals surface area contributed by atoms with Gasteiger partial charge in [0.05, 0.1) is 5.69 Å². The number of amides is 2. The third kappa shape index (κ3) is 5.94. The van der Waals surface area contributed by atoms with Crippen LogP contribution in [0.3, 0.4) is 0 Å². The molecule has 0 aliphatic rings. The van der Waals surface area contributed by atoms with Crippen molar-refractivity contribution in [1.29, 1.82) is 0 Å². The second-order valence-electron chi connectivity index (χ2n) is 3.02. The predicted octanol–water partition coefficient (Wildman–Crippen LogP) is 0.852. The van der Waals surface area contributed by atoms with Crippen LogP contribution in [0.25, 0.3) is 0 Å². The van der Waals surface area contributed by atoms with Crippen LogP contribution in [-0.2, 0) is 6.42 Å². The van der Waals surface area contributed by atoms with Gasteiger partial charge in [0.1, 0.15) is 0 Å². The molecule has 16 heavy (non-hydrogen) atoms. The Hall–Kier alpha value is -0.790. The van der Waals surface area contributed by atoms with Gasteiger partial charge in [-0.3, -0.25) is 4.72 Å². The molecule has 1 aromatic rings. The minimum Gasteiger partial charge on any atom is -0.341 e. The number of aromatic nitrogens is 1. The Morgan fingerprint density at radius 1 is 1.56 bits per heavy atom. The van der Waals surface area contributed by atoms with Crippen molar-refractivity contribution in [2.45, 2.75) is 6.42 Å².